The van der Waals surface area contributed by atoms with Gasteiger partial charge in [0.1, 0.15) is 0 Å². The van der Waals surface area contributed by atoms with E-state index in [-0.39, 0.29) is 6.61 Å². The number of rotatable bonds is 4. The summed E-state index contributed by atoms with van der Waals surface area (Å²) in [5.74, 6) is -2.56. The van der Waals surface area contributed by atoms with Gasteiger partial charge in [0, 0.05) is 5.92 Å². The molecule has 1 fully saturated rings. The van der Waals surface area contributed by atoms with Crippen LogP contribution in [0.5, 0.6) is 0 Å². The molecule has 0 bridgehead atoms. The van der Waals surface area contributed by atoms with Gasteiger partial charge in [-0.05, 0) is 18.4 Å². The first-order valence-corrected chi connectivity index (χ1v) is 5.65. The highest BCUT2D eigenvalue weighted by molar-refractivity contribution is 5.78. The molecule has 0 aromatic carbocycles. The predicted octanol–water partition coefficient (Wildman–Crippen LogP) is 2.91. The van der Waals surface area contributed by atoms with E-state index in [2.05, 4.69) is 4.74 Å². The zero-order valence-corrected chi connectivity index (χ0v) is 10.8. The van der Waals surface area contributed by atoms with Crippen LogP contribution >= 0.6 is 0 Å². The van der Waals surface area contributed by atoms with Gasteiger partial charge in [-0.15, -0.1) is 0 Å². The molecule has 0 radical (unpaired) electrons. The summed E-state index contributed by atoms with van der Waals surface area (Å²) in [5.41, 5.74) is -0.527. The van der Waals surface area contributed by atoms with E-state index >= 15 is 0 Å². The van der Waals surface area contributed by atoms with Gasteiger partial charge in [0.15, 0.2) is 5.76 Å². The zero-order valence-electron chi connectivity index (χ0n) is 10.8. The fourth-order valence-electron chi connectivity index (χ4n) is 2.11. The van der Waals surface area contributed by atoms with Gasteiger partial charge >= 0.3 is 12.1 Å². The molecule has 0 amide bonds. The van der Waals surface area contributed by atoms with Gasteiger partial charge in [-0.1, -0.05) is 13.8 Å². The van der Waals surface area contributed by atoms with Crippen molar-refractivity contribution in [2.45, 2.75) is 26.9 Å². The second-order valence-corrected chi connectivity index (χ2v) is 4.81. The molecule has 3 nitrogen and oxygen atoms in total. The lowest BCUT2D eigenvalue weighted by Gasteiger charge is -2.10. The molecule has 0 spiro atoms. The highest BCUT2D eigenvalue weighted by Crippen LogP contribution is 2.60. The number of esters is 1. The van der Waals surface area contributed by atoms with E-state index < -0.39 is 35.2 Å². The van der Waals surface area contributed by atoms with Crippen LogP contribution in [-0.2, 0) is 14.3 Å². The van der Waals surface area contributed by atoms with E-state index in [0.29, 0.717) is 0 Å². The first-order valence-electron chi connectivity index (χ1n) is 5.65. The van der Waals surface area contributed by atoms with Crippen LogP contribution in [-0.4, -0.2) is 25.9 Å². The summed E-state index contributed by atoms with van der Waals surface area (Å²) in [4.78, 5) is 11.6. The van der Waals surface area contributed by atoms with Crippen LogP contribution in [0.4, 0.5) is 13.2 Å². The van der Waals surface area contributed by atoms with E-state index in [4.69, 9.17) is 4.74 Å². The topological polar surface area (TPSA) is 35.5 Å². The van der Waals surface area contributed by atoms with E-state index in [9.17, 15) is 18.0 Å². The van der Waals surface area contributed by atoms with Crippen molar-refractivity contribution in [1.29, 1.82) is 0 Å². The summed E-state index contributed by atoms with van der Waals surface area (Å²) < 4.78 is 46.8. The van der Waals surface area contributed by atoms with E-state index in [1.54, 1.807) is 20.8 Å². The van der Waals surface area contributed by atoms with Crippen molar-refractivity contribution in [2.75, 3.05) is 13.7 Å². The average molecular weight is 266 g/mol. The number of carbonyl (C=O) groups is 1. The maximum Gasteiger partial charge on any atom is 0.448 e. The largest absolute Gasteiger partial charge is 0.492 e. The molecule has 2 unspecified atom stereocenters. The smallest absolute Gasteiger partial charge is 0.448 e. The van der Waals surface area contributed by atoms with Crippen molar-refractivity contribution in [3.8, 4) is 0 Å². The summed E-state index contributed by atoms with van der Waals surface area (Å²) >= 11 is 0. The molecule has 104 valence electrons. The first kappa shape index (κ1) is 14.9. The standard InChI is InChI=1S/C12H17F3O3/c1-5-18-10(16)9-7(11(9,2)3)6-8(17-4)12(13,14)15/h6-7,9H,5H2,1-4H3/b8-6+. The van der Waals surface area contributed by atoms with Gasteiger partial charge < -0.3 is 9.47 Å². The monoisotopic (exact) mass is 266 g/mol. The van der Waals surface area contributed by atoms with Crippen LogP contribution in [0.3, 0.4) is 0 Å². The van der Waals surface area contributed by atoms with Crippen LogP contribution in [0.1, 0.15) is 20.8 Å². The third-order valence-electron chi connectivity index (χ3n) is 3.28. The number of methoxy groups -OCH3 is 1. The van der Waals surface area contributed by atoms with Gasteiger partial charge in [-0.3, -0.25) is 4.79 Å². The summed E-state index contributed by atoms with van der Waals surface area (Å²) in [6.07, 6.45) is -3.56. The van der Waals surface area contributed by atoms with Crippen LogP contribution in [0.15, 0.2) is 11.8 Å². The maximum absolute atomic E-state index is 12.5. The van der Waals surface area contributed by atoms with Crippen molar-refractivity contribution in [3.05, 3.63) is 11.8 Å². The SMILES string of the molecule is CCOC(=O)C1C(/C=C(/OC)C(F)(F)F)C1(C)C. The minimum absolute atomic E-state index is 0.220. The van der Waals surface area contributed by atoms with Gasteiger partial charge in [-0.2, -0.15) is 13.2 Å². The molecular formula is C12H17F3O3. The van der Waals surface area contributed by atoms with Crippen LogP contribution in [0.2, 0.25) is 0 Å². The lowest BCUT2D eigenvalue weighted by molar-refractivity contribution is -0.145. The Balaban J connectivity index is 2.86. The van der Waals surface area contributed by atoms with E-state index in [0.717, 1.165) is 13.2 Å². The lowest BCUT2D eigenvalue weighted by atomic mass is 10.1. The van der Waals surface area contributed by atoms with E-state index in [1.807, 2.05) is 0 Å². The third kappa shape index (κ3) is 2.79. The summed E-state index contributed by atoms with van der Waals surface area (Å²) in [5, 5.41) is 0. The van der Waals surface area contributed by atoms with Gasteiger partial charge in [0.25, 0.3) is 0 Å². The molecule has 0 aliphatic heterocycles. The molecule has 0 N–H and O–H groups in total. The maximum atomic E-state index is 12.5. The van der Waals surface area contributed by atoms with E-state index in [1.165, 1.54) is 0 Å². The fraction of sp³-hybridized carbons (Fsp3) is 0.750. The molecule has 0 saturated heterocycles. The summed E-state index contributed by atoms with van der Waals surface area (Å²) in [7, 11) is 0.966. The molecule has 1 saturated carbocycles. The van der Waals surface area contributed by atoms with Crippen molar-refractivity contribution in [3.63, 3.8) is 0 Å². The number of alkyl halides is 3. The molecule has 1 aliphatic carbocycles. The number of hydrogen-bond donors (Lipinski definition) is 0. The number of ether oxygens (including phenoxy) is 2. The Bertz CT molecular complexity index is 358. The molecule has 1 rings (SSSR count). The quantitative estimate of drug-likeness (QED) is 0.579. The molecule has 6 heteroatoms. The normalized spacial score (nSPS) is 26.7. The highest BCUT2D eigenvalue weighted by atomic mass is 19.4. The van der Waals surface area contributed by atoms with Crippen molar-refractivity contribution in [2.24, 2.45) is 17.3 Å². The molecule has 0 aromatic heterocycles. The Kier molecular flexibility index (Phi) is 3.98. The van der Waals surface area contributed by atoms with Crippen molar-refractivity contribution >= 4 is 5.97 Å². The Hall–Kier alpha value is -1.20. The van der Waals surface area contributed by atoms with Crippen molar-refractivity contribution in [1.82, 2.24) is 0 Å². The molecule has 0 heterocycles. The van der Waals surface area contributed by atoms with Crippen LogP contribution < -0.4 is 0 Å². The minimum Gasteiger partial charge on any atom is -0.492 e. The molecule has 1 aliphatic rings. The zero-order chi connectivity index (χ0) is 14.1. The molecule has 0 aromatic rings. The highest BCUT2D eigenvalue weighted by Gasteiger charge is 2.62. The average Bonchev–Trinajstić information content (AvgIpc) is 2.75. The molecular weight excluding hydrogens is 249 g/mol. The number of halogens is 3. The minimum atomic E-state index is -4.54. The molecule has 18 heavy (non-hydrogen) atoms. The second-order valence-electron chi connectivity index (χ2n) is 4.81. The van der Waals surface area contributed by atoms with Gasteiger partial charge in [0.05, 0.1) is 19.6 Å². The third-order valence-corrected chi connectivity index (χ3v) is 3.28. The Morgan fingerprint density at radius 1 is 1.39 bits per heavy atom. The number of hydrogen-bond acceptors (Lipinski definition) is 3. The lowest BCUT2D eigenvalue weighted by Crippen LogP contribution is -2.14. The summed E-state index contributed by atoms with van der Waals surface area (Å²) in [6.45, 7) is 5.35. The van der Waals surface area contributed by atoms with Crippen LogP contribution in [0.25, 0.3) is 0 Å². The first-order chi connectivity index (χ1) is 8.16. The predicted molar refractivity (Wildman–Crippen MR) is 58.5 cm³/mol. The van der Waals surface area contributed by atoms with Gasteiger partial charge in [0.2, 0.25) is 0 Å². The van der Waals surface area contributed by atoms with Gasteiger partial charge in [-0.25, -0.2) is 0 Å². The number of carbonyl (C=O) groups excluding carboxylic acids is 1. The second kappa shape index (κ2) is 4.82. The van der Waals surface area contributed by atoms with Crippen LogP contribution in [0, 0.1) is 17.3 Å². The Morgan fingerprint density at radius 3 is 2.33 bits per heavy atom. The number of allylic oxidation sites excluding steroid dienone is 2. The summed E-state index contributed by atoms with van der Waals surface area (Å²) in [6, 6.07) is 0. The molecule has 2 atom stereocenters. The Morgan fingerprint density at radius 2 is 1.94 bits per heavy atom. The fourth-order valence-corrected chi connectivity index (χ4v) is 2.11. The van der Waals surface area contributed by atoms with Crippen molar-refractivity contribution < 1.29 is 27.4 Å². The Labute approximate surface area is 104 Å².